The van der Waals surface area contributed by atoms with Crippen molar-refractivity contribution in [3.63, 3.8) is 0 Å². The summed E-state index contributed by atoms with van der Waals surface area (Å²) in [6.45, 7) is 1.35. The van der Waals surface area contributed by atoms with Gasteiger partial charge in [0.25, 0.3) is 0 Å². The van der Waals surface area contributed by atoms with Gasteiger partial charge in [-0.3, -0.25) is 10.1 Å². The zero-order chi connectivity index (χ0) is 21.9. The van der Waals surface area contributed by atoms with Crippen LogP contribution in [0.3, 0.4) is 0 Å². The highest BCUT2D eigenvalue weighted by atomic mass is 35.5. The van der Waals surface area contributed by atoms with Crippen molar-refractivity contribution >= 4 is 17.5 Å². The summed E-state index contributed by atoms with van der Waals surface area (Å²) in [5.74, 6) is -2.19. The monoisotopic (exact) mass is 451 g/mol. The molecule has 1 amide bonds. The number of nitriles is 1. The van der Waals surface area contributed by atoms with Gasteiger partial charge in [0.15, 0.2) is 0 Å². The molecule has 11 heteroatoms. The lowest BCUT2D eigenvalue weighted by molar-refractivity contribution is -0.186. The lowest BCUT2D eigenvalue weighted by atomic mass is 9.78. The Morgan fingerprint density at radius 1 is 1.37 bits per heavy atom. The van der Waals surface area contributed by atoms with Crippen LogP contribution in [0.5, 0.6) is 0 Å². The quantitative estimate of drug-likeness (QED) is 0.436. The number of nitrogens with two attached hydrogens (primary N) is 1. The second-order valence-electron chi connectivity index (χ2n) is 8.53. The number of amides is 1. The van der Waals surface area contributed by atoms with Gasteiger partial charge >= 0.3 is 6.18 Å². The topological polar surface area (TPSA) is 112 Å². The van der Waals surface area contributed by atoms with Crippen LogP contribution in [0.4, 0.5) is 13.2 Å². The van der Waals surface area contributed by atoms with Crippen LogP contribution in [-0.4, -0.2) is 56.1 Å². The lowest BCUT2D eigenvalue weighted by Gasteiger charge is -2.44. The van der Waals surface area contributed by atoms with Crippen LogP contribution in [0, 0.1) is 34.5 Å². The summed E-state index contributed by atoms with van der Waals surface area (Å²) in [5, 5.41) is 17.6. The summed E-state index contributed by atoms with van der Waals surface area (Å²) in [7, 11) is 0. The number of nitrogens with one attached hydrogen (secondary N) is 3. The average Bonchev–Trinajstić information content (AvgIpc) is 3.51. The van der Waals surface area contributed by atoms with Crippen LogP contribution >= 0.6 is 11.6 Å². The predicted molar refractivity (Wildman–Crippen MR) is 104 cm³/mol. The zero-order valence-electron chi connectivity index (χ0n) is 16.7. The first-order valence-electron chi connectivity index (χ1n) is 10.4. The summed E-state index contributed by atoms with van der Waals surface area (Å²) >= 11 is 5.95. The maximum absolute atomic E-state index is 13.3. The molecular weight excluding hydrogens is 423 g/mol. The second-order valence-corrected chi connectivity index (χ2v) is 9.09. The molecule has 2 saturated carbocycles. The molecule has 3 aliphatic rings. The Morgan fingerprint density at radius 3 is 2.70 bits per heavy atom. The van der Waals surface area contributed by atoms with E-state index in [1.165, 1.54) is 0 Å². The van der Waals surface area contributed by atoms with Gasteiger partial charge in [0, 0.05) is 30.9 Å². The minimum absolute atomic E-state index is 0.0436. The van der Waals surface area contributed by atoms with Crippen molar-refractivity contribution in [3.8, 4) is 6.07 Å². The van der Waals surface area contributed by atoms with Crippen molar-refractivity contribution in [2.75, 3.05) is 26.2 Å². The summed E-state index contributed by atoms with van der Waals surface area (Å²) < 4.78 is 45.8. The minimum Gasteiger partial charge on any atom is -0.362 e. The molecule has 6 atom stereocenters. The van der Waals surface area contributed by atoms with Gasteiger partial charge in [0.05, 0.1) is 24.8 Å². The maximum Gasteiger partial charge on any atom is 0.393 e. The van der Waals surface area contributed by atoms with E-state index in [4.69, 9.17) is 27.3 Å². The molecule has 170 valence electrons. The number of ether oxygens (including phenoxy) is 1. The van der Waals surface area contributed by atoms with Gasteiger partial charge in [0.2, 0.25) is 5.91 Å². The second kappa shape index (κ2) is 9.57. The number of nitrogens with zero attached hydrogens (tertiary/aromatic N) is 1. The van der Waals surface area contributed by atoms with E-state index in [1.54, 1.807) is 0 Å². The number of rotatable bonds is 7. The molecule has 1 heterocycles. The van der Waals surface area contributed by atoms with E-state index in [2.05, 4.69) is 22.0 Å². The van der Waals surface area contributed by atoms with Crippen molar-refractivity contribution in [3.05, 3.63) is 0 Å². The number of alkyl halides is 4. The summed E-state index contributed by atoms with van der Waals surface area (Å²) in [6, 6.07) is 2.06. The normalized spacial score (nSPS) is 36.0. The fourth-order valence-electron chi connectivity index (χ4n) is 4.33. The van der Waals surface area contributed by atoms with Gasteiger partial charge < -0.3 is 21.1 Å². The molecule has 3 rings (SSSR count). The number of carbonyl (C=O) groups excluding carboxylic acids is 1. The molecular formula is C19H29ClF3N5O2. The summed E-state index contributed by atoms with van der Waals surface area (Å²) in [4.78, 5) is 12.2. The lowest BCUT2D eigenvalue weighted by Crippen LogP contribution is -2.64. The third-order valence-electron chi connectivity index (χ3n) is 6.41. The highest BCUT2D eigenvalue weighted by molar-refractivity contribution is 6.20. The molecule has 0 aromatic heterocycles. The Hall–Kier alpha value is -1.12. The summed E-state index contributed by atoms with van der Waals surface area (Å²) in [6.07, 6.45) is -3.15. The highest BCUT2D eigenvalue weighted by Gasteiger charge is 2.51. The zero-order valence-corrected chi connectivity index (χ0v) is 17.4. The van der Waals surface area contributed by atoms with Gasteiger partial charge in [-0.1, -0.05) is 0 Å². The van der Waals surface area contributed by atoms with Gasteiger partial charge in [-0.2, -0.15) is 18.4 Å². The van der Waals surface area contributed by atoms with E-state index in [0.717, 1.165) is 0 Å². The number of hydrogen-bond acceptors (Lipinski definition) is 6. The molecule has 0 aromatic carbocycles. The molecule has 7 nitrogen and oxygen atoms in total. The van der Waals surface area contributed by atoms with E-state index in [1.807, 2.05) is 0 Å². The van der Waals surface area contributed by atoms with E-state index < -0.39 is 29.1 Å². The molecule has 5 N–H and O–H groups in total. The molecule has 1 saturated heterocycles. The minimum atomic E-state index is -4.32. The van der Waals surface area contributed by atoms with Gasteiger partial charge in [-0.05, 0) is 38.0 Å². The first-order chi connectivity index (χ1) is 14.2. The Labute approximate surface area is 179 Å². The predicted octanol–water partition coefficient (Wildman–Crippen LogP) is 1.43. The Kier molecular flexibility index (Phi) is 7.51. The van der Waals surface area contributed by atoms with Crippen LogP contribution in [0.1, 0.15) is 32.1 Å². The number of halogens is 4. The van der Waals surface area contributed by atoms with Gasteiger partial charge in [0.1, 0.15) is 11.6 Å². The van der Waals surface area contributed by atoms with E-state index in [0.29, 0.717) is 45.3 Å². The highest BCUT2D eigenvalue weighted by Crippen LogP contribution is 2.45. The van der Waals surface area contributed by atoms with Crippen LogP contribution in [0.25, 0.3) is 0 Å². The molecule has 2 aliphatic carbocycles. The van der Waals surface area contributed by atoms with Crippen molar-refractivity contribution in [2.24, 2.45) is 28.9 Å². The molecule has 30 heavy (non-hydrogen) atoms. The SMILES string of the molecule is N#CC1(C(=O)NCC2CNC(C3CCC(Cl)C(C(F)(F)F)C3)NC2OCCN)CC1. The van der Waals surface area contributed by atoms with Crippen molar-refractivity contribution in [1.82, 2.24) is 16.0 Å². The first kappa shape index (κ1) is 23.5. The molecule has 0 bridgehead atoms. The largest absolute Gasteiger partial charge is 0.393 e. The Balaban J connectivity index is 1.58. The van der Waals surface area contributed by atoms with Crippen LogP contribution < -0.4 is 21.7 Å². The van der Waals surface area contributed by atoms with Crippen LogP contribution in [-0.2, 0) is 9.53 Å². The molecule has 6 unspecified atom stereocenters. The standard InChI is InChI=1S/C19H29ClF3N5O2/c20-14-2-1-11(7-13(14)19(21,22)23)15-26-8-12(16(28-15)30-6-5-24)9-27-17(29)18(10-25)3-4-18/h11-16,26,28H,1-9,24H2,(H,27,29). The van der Waals surface area contributed by atoms with Gasteiger partial charge in [-0.25, -0.2) is 0 Å². The summed E-state index contributed by atoms with van der Waals surface area (Å²) in [5.41, 5.74) is 4.64. The van der Waals surface area contributed by atoms with Crippen LogP contribution in [0.2, 0.25) is 0 Å². The van der Waals surface area contributed by atoms with E-state index in [-0.39, 0.29) is 36.9 Å². The van der Waals surface area contributed by atoms with Crippen molar-refractivity contribution < 1.29 is 22.7 Å². The third-order valence-corrected chi connectivity index (χ3v) is 6.93. The fourth-order valence-corrected chi connectivity index (χ4v) is 4.71. The fraction of sp³-hybridized carbons (Fsp3) is 0.895. The molecule has 0 spiro atoms. The average molecular weight is 452 g/mol. The number of carbonyl (C=O) groups is 1. The van der Waals surface area contributed by atoms with Crippen molar-refractivity contribution in [2.45, 2.75) is 56.1 Å². The number of hydrogen-bond donors (Lipinski definition) is 4. The molecule has 1 aliphatic heterocycles. The molecule has 0 radical (unpaired) electrons. The first-order valence-corrected chi connectivity index (χ1v) is 10.9. The van der Waals surface area contributed by atoms with Gasteiger partial charge in [-0.15, -0.1) is 11.6 Å². The Morgan fingerprint density at radius 2 is 2.10 bits per heavy atom. The third kappa shape index (κ3) is 5.37. The van der Waals surface area contributed by atoms with Crippen LogP contribution in [0.15, 0.2) is 0 Å². The Bertz CT molecular complexity index is 655. The van der Waals surface area contributed by atoms with E-state index in [9.17, 15) is 18.0 Å². The smallest absolute Gasteiger partial charge is 0.362 e. The molecule has 3 fully saturated rings. The van der Waals surface area contributed by atoms with E-state index >= 15 is 0 Å². The van der Waals surface area contributed by atoms with Crippen molar-refractivity contribution in [1.29, 1.82) is 5.26 Å². The maximum atomic E-state index is 13.3. The molecule has 0 aromatic rings.